The Morgan fingerprint density at radius 3 is 2.80 bits per heavy atom. The third kappa shape index (κ3) is 2.63. The summed E-state index contributed by atoms with van der Waals surface area (Å²) < 4.78 is 3.41. The first-order valence-electron chi connectivity index (χ1n) is 6.47. The monoisotopic (exact) mass is 278 g/mol. The SMILES string of the molecule is CCn1nc(C)c([N+](=O)[O-])c1NCCc1ccnn1C. The van der Waals surface area contributed by atoms with E-state index in [9.17, 15) is 10.1 Å². The van der Waals surface area contributed by atoms with Crippen LogP contribution in [0.15, 0.2) is 12.3 Å². The van der Waals surface area contributed by atoms with E-state index in [0.29, 0.717) is 24.6 Å². The highest BCUT2D eigenvalue weighted by molar-refractivity contribution is 5.59. The molecule has 2 heterocycles. The van der Waals surface area contributed by atoms with Crippen molar-refractivity contribution < 1.29 is 4.92 Å². The van der Waals surface area contributed by atoms with Crippen LogP contribution in [-0.4, -0.2) is 31.0 Å². The molecule has 2 aromatic heterocycles. The van der Waals surface area contributed by atoms with Gasteiger partial charge in [0.1, 0.15) is 5.69 Å². The normalized spacial score (nSPS) is 10.8. The molecule has 0 saturated carbocycles. The van der Waals surface area contributed by atoms with Crippen molar-refractivity contribution in [2.45, 2.75) is 26.8 Å². The standard InChI is InChI=1S/C12H18N6O2/c1-4-17-12(11(18(19)20)9(2)15-17)13-7-5-10-6-8-14-16(10)3/h6,8,13H,4-5,7H2,1-3H3. The van der Waals surface area contributed by atoms with E-state index < -0.39 is 0 Å². The summed E-state index contributed by atoms with van der Waals surface area (Å²) >= 11 is 0. The average Bonchev–Trinajstić information content (AvgIpc) is 2.93. The molecule has 0 aliphatic carbocycles. The number of anilines is 1. The van der Waals surface area contributed by atoms with Crippen LogP contribution in [0, 0.1) is 17.0 Å². The molecule has 0 amide bonds. The van der Waals surface area contributed by atoms with Gasteiger partial charge in [-0.25, -0.2) is 4.68 Å². The lowest BCUT2D eigenvalue weighted by atomic mass is 10.3. The summed E-state index contributed by atoms with van der Waals surface area (Å²) in [5, 5.41) is 22.5. The predicted octanol–water partition coefficient (Wildman–Crippen LogP) is 1.51. The van der Waals surface area contributed by atoms with Crippen LogP contribution in [0.2, 0.25) is 0 Å². The lowest BCUT2D eigenvalue weighted by Gasteiger charge is -2.07. The van der Waals surface area contributed by atoms with Crippen LogP contribution >= 0.6 is 0 Å². The molecule has 108 valence electrons. The minimum absolute atomic E-state index is 0.0526. The fourth-order valence-electron chi connectivity index (χ4n) is 2.15. The summed E-state index contributed by atoms with van der Waals surface area (Å²) in [5.74, 6) is 0.470. The molecular formula is C12H18N6O2. The Hall–Kier alpha value is -2.38. The topological polar surface area (TPSA) is 90.8 Å². The van der Waals surface area contributed by atoms with Gasteiger partial charge in [0.25, 0.3) is 0 Å². The van der Waals surface area contributed by atoms with Crippen molar-refractivity contribution in [1.29, 1.82) is 0 Å². The molecule has 20 heavy (non-hydrogen) atoms. The highest BCUT2D eigenvalue weighted by Crippen LogP contribution is 2.27. The van der Waals surface area contributed by atoms with Crippen LogP contribution in [0.3, 0.4) is 0 Å². The molecule has 1 N–H and O–H groups in total. The maximum absolute atomic E-state index is 11.1. The van der Waals surface area contributed by atoms with Gasteiger partial charge in [-0.2, -0.15) is 10.2 Å². The first-order chi connectivity index (χ1) is 9.54. The Morgan fingerprint density at radius 1 is 1.50 bits per heavy atom. The lowest BCUT2D eigenvalue weighted by Crippen LogP contribution is -2.12. The van der Waals surface area contributed by atoms with E-state index in [-0.39, 0.29) is 10.6 Å². The predicted molar refractivity (Wildman–Crippen MR) is 74.7 cm³/mol. The van der Waals surface area contributed by atoms with Crippen LogP contribution in [0.25, 0.3) is 0 Å². The van der Waals surface area contributed by atoms with Crippen molar-refractivity contribution >= 4 is 11.5 Å². The van der Waals surface area contributed by atoms with E-state index in [2.05, 4.69) is 15.5 Å². The molecule has 0 saturated heterocycles. The van der Waals surface area contributed by atoms with Gasteiger partial charge in [-0.1, -0.05) is 0 Å². The number of hydrogen-bond acceptors (Lipinski definition) is 5. The van der Waals surface area contributed by atoms with Gasteiger partial charge in [0.15, 0.2) is 0 Å². The van der Waals surface area contributed by atoms with Crippen LogP contribution in [0.4, 0.5) is 11.5 Å². The van der Waals surface area contributed by atoms with Gasteiger partial charge < -0.3 is 5.32 Å². The third-order valence-electron chi connectivity index (χ3n) is 3.17. The number of nitrogens with zero attached hydrogens (tertiary/aromatic N) is 5. The fourth-order valence-corrected chi connectivity index (χ4v) is 2.15. The van der Waals surface area contributed by atoms with Crippen molar-refractivity contribution in [3.05, 3.63) is 33.8 Å². The summed E-state index contributed by atoms with van der Waals surface area (Å²) in [7, 11) is 1.87. The van der Waals surface area contributed by atoms with Crippen molar-refractivity contribution in [1.82, 2.24) is 19.6 Å². The van der Waals surface area contributed by atoms with Gasteiger partial charge in [0, 0.05) is 38.4 Å². The van der Waals surface area contributed by atoms with E-state index in [0.717, 1.165) is 12.1 Å². The maximum Gasteiger partial charge on any atom is 0.333 e. The maximum atomic E-state index is 11.1. The number of aryl methyl sites for hydroxylation is 3. The highest BCUT2D eigenvalue weighted by atomic mass is 16.6. The zero-order chi connectivity index (χ0) is 14.7. The molecule has 0 spiro atoms. The third-order valence-corrected chi connectivity index (χ3v) is 3.17. The molecule has 8 nitrogen and oxygen atoms in total. The van der Waals surface area contributed by atoms with Crippen molar-refractivity contribution in [2.75, 3.05) is 11.9 Å². The second-order valence-electron chi connectivity index (χ2n) is 4.48. The molecular weight excluding hydrogens is 260 g/mol. The molecule has 8 heteroatoms. The Morgan fingerprint density at radius 2 is 2.25 bits per heavy atom. The molecule has 2 aromatic rings. The number of aromatic nitrogens is 4. The zero-order valence-corrected chi connectivity index (χ0v) is 11.8. The largest absolute Gasteiger partial charge is 0.364 e. The van der Waals surface area contributed by atoms with Crippen molar-refractivity contribution in [3.8, 4) is 0 Å². The number of rotatable bonds is 6. The average molecular weight is 278 g/mol. The molecule has 0 aliphatic rings. The number of nitrogens with one attached hydrogen (secondary N) is 1. The smallest absolute Gasteiger partial charge is 0.333 e. The lowest BCUT2D eigenvalue weighted by molar-refractivity contribution is -0.384. The van der Waals surface area contributed by atoms with E-state index >= 15 is 0 Å². The molecule has 0 bridgehead atoms. The Kier molecular flexibility index (Phi) is 4.02. The van der Waals surface area contributed by atoms with Gasteiger partial charge in [-0.15, -0.1) is 0 Å². The van der Waals surface area contributed by atoms with Gasteiger partial charge in [-0.05, 0) is 19.9 Å². The molecule has 0 aliphatic heterocycles. The van der Waals surface area contributed by atoms with E-state index in [1.165, 1.54) is 0 Å². The van der Waals surface area contributed by atoms with Gasteiger partial charge in [0.05, 0.1) is 4.92 Å². The summed E-state index contributed by atoms with van der Waals surface area (Å²) in [4.78, 5) is 10.7. The second-order valence-corrected chi connectivity index (χ2v) is 4.48. The summed E-state index contributed by atoms with van der Waals surface area (Å²) in [5.41, 5.74) is 1.55. The zero-order valence-electron chi connectivity index (χ0n) is 11.8. The van der Waals surface area contributed by atoms with Gasteiger partial charge in [-0.3, -0.25) is 14.8 Å². The van der Waals surface area contributed by atoms with Crippen LogP contribution < -0.4 is 5.32 Å². The molecule has 0 atom stereocenters. The molecule has 0 fully saturated rings. The van der Waals surface area contributed by atoms with Gasteiger partial charge in [0.2, 0.25) is 5.82 Å². The Bertz CT molecular complexity index is 615. The summed E-state index contributed by atoms with van der Waals surface area (Å²) in [6.07, 6.45) is 2.47. The number of nitro groups is 1. The minimum Gasteiger partial charge on any atom is -0.364 e. The highest BCUT2D eigenvalue weighted by Gasteiger charge is 2.24. The Balaban J connectivity index is 2.12. The van der Waals surface area contributed by atoms with E-state index in [1.807, 2.05) is 20.0 Å². The van der Waals surface area contributed by atoms with Crippen molar-refractivity contribution in [3.63, 3.8) is 0 Å². The van der Waals surface area contributed by atoms with E-state index in [4.69, 9.17) is 0 Å². The first kappa shape index (κ1) is 14.0. The second kappa shape index (κ2) is 5.72. The number of hydrogen-bond donors (Lipinski definition) is 1. The van der Waals surface area contributed by atoms with Crippen molar-refractivity contribution in [2.24, 2.45) is 7.05 Å². The Labute approximate surface area is 116 Å². The first-order valence-corrected chi connectivity index (χ1v) is 6.47. The summed E-state index contributed by atoms with van der Waals surface area (Å²) in [6.45, 7) is 4.73. The van der Waals surface area contributed by atoms with Gasteiger partial charge >= 0.3 is 5.69 Å². The molecule has 0 aromatic carbocycles. The van der Waals surface area contributed by atoms with E-state index in [1.54, 1.807) is 22.5 Å². The molecule has 0 unspecified atom stereocenters. The van der Waals surface area contributed by atoms with Crippen LogP contribution in [0.1, 0.15) is 18.3 Å². The molecule has 0 radical (unpaired) electrons. The molecule has 2 rings (SSSR count). The fraction of sp³-hybridized carbons (Fsp3) is 0.500. The minimum atomic E-state index is -0.388. The van der Waals surface area contributed by atoms with Crippen LogP contribution in [-0.2, 0) is 20.0 Å². The quantitative estimate of drug-likeness (QED) is 0.639. The summed E-state index contributed by atoms with van der Waals surface area (Å²) in [6, 6.07) is 1.93. The van der Waals surface area contributed by atoms with Crippen LogP contribution in [0.5, 0.6) is 0 Å².